The van der Waals surface area contributed by atoms with E-state index in [9.17, 15) is 4.79 Å². The Hall–Kier alpha value is -1.51. The summed E-state index contributed by atoms with van der Waals surface area (Å²) in [5.41, 5.74) is 0.366. The van der Waals surface area contributed by atoms with E-state index in [1.165, 1.54) is 25.7 Å². The molecule has 1 amide bonds. The molecule has 1 aromatic rings. The largest absolute Gasteiger partial charge is 0.412 e. The van der Waals surface area contributed by atoms with Gasteiger partial charge in [-0.15, -0.1) is 0 Å². The number of para-hydroxylation sites is 1. The summed E-state index contributed by atoms with van der Waals surface area (Å²) < 4.78 is 5.17. The lowest BCUT2D eigenvalue weighted by Crippen LogP contribution is -2.32. The zero-order chi connectivity index (χ0) is 12.1. The van der Waals surface area contributed by atoms with Gasteiger partial charge < -0.3 is 10.1 Å². The summed E-state index contributed by atoms with van der Waals surface area (Å²) in [5, 5.41) is 2.86. The molecule has 1 aliphatic rings. The van der Waals surface area contributed by atoms with Crippen molar-refractivity contribution in [2.24, 2.45) is 5.41 Å². The predicted octanol–water partition coefficient (Wildman–Crippen LogP) is 3.36. The van der Waals surface area contributed by atoms with E-state index in [0.717, 1.165) is 6.54 Å². The van der Waals surface area contributed by atoms with Gasteiger partial charge in [0, 0.05) is 6.54 Å². The van der Waals surface area contributed by atoms with Gasteiger partial charge in [-0.25, -0.2) is 4.79 Å². The first-order valence-electron chi connectivity index (χ1n) is 6.25. The van der Waals surface area contributed by atoms with Gasteiger partial charge in [0.15, 0.2) is 0 Å². The molecule has 2 rings (SSSR count). The second kappa shape index (κ2) is 5.21. The lowest BCUT2D eigenvalue weighted by molar-refractivity contribution is 0.197. The van der Waals surface area contributed by atoms with Crippen molar-refractivity contribution in [1.29, 1.82) is 0 Å². The van der Waals surface area contributed by atoms with Crippen molar-refractivity contribution in [3.05, 3.63) is 30.3 Å². The summed E-state index contributed by atoms with van der Waals surface area (Å²) in [5.74, 6) is 0.588. The zero-order valence-electron chi connectivity index (χ0n) is 10.2. The van der Waals surface area contributed by atoms with Crippen LogP contribution in [0.4, 0.5) is 4.79 Å². The quantitative estimate of drug-likeness (QED) is 0.847. The summed E-state index contributed by atoms with van der Waals surface area (Å²) in [7, 11) is 0. The molecule has 1 N–H and O–H groups in total. The minimum atomic E-state index is -0.349. The normalized spacial score (nSPS) is 16.3. The average molecular weight is 233 g/mol. The fraction of sp³-hybridized carbons (Fsp3) is 0.500. The molecule has 1 aliphatic carbocycles. The summed E-state index contributed by atoms with van der Waals surface area (Å²) in [6.45, 7) is 2.93. The van der Waals surface area contributed by atoms with E-state index in [2.05, 4.69) is 12.2 Å². The number of rotatable bonds is 5. The van der Waals surface area contributed by atoms with Gasteiger partial charge in [-0.05, 0) is 36.8 Å². The van der Waals surface area contributed by atoms with Gasteiger partial charge in [0.25, 0.3) is 0 Å². The lowest BCUT2D eigenvalue weighted by Gasteiger charge is -2.14. The van der Waals surface area contributed by atoms with Crippen LogP contribution in [-0.2, 0) is 0 Å². The van der Waals surface area contributed by atoms with E-state index in [1.807, 2.05) is 18.2 Å². The molecule has 1 aromatic carbocycles. The van der Waals surface area contributed by atoms with E-state index < -0.39 is 0 Å². The number of ether oxygens (including phenoxy) is 1. The van der Waals surface area contributed by atoms with Crippen molar-refractivity contribution in [2.45, 2.75) is 32.6 Å². The average Bonchev–Trinajstić information content (AvgIpc) is 3.09. The predicted molar refractivity (Wildman–Crippen MR) is 67.0 cm³/mol. The van der Waals surface area contributed by atoms with Crippen LogP contribution in [0.3, 0.4) is 0 Å². The molecule has 0 aromatic heterocycles. The first-order chi connectivity index (χ1) is 8.24. The van der Waals surface area contributed by atoms with Gasteiger partial charge in [-0.1, -0.05) is 31.5 Å². The van der Waals surface area contributed by atoms with Gasteiger partial charge in [0.2, 0.25) is 0 Å². The lowest BCUT2D eigenvalue weighted by atomic mass is 10.0. The highest BCUT2D eigenvalue weighted by atomic mass is 16.6. The SMILES string of the molecule is CCCC1(CNC(=O)Oc2ccccc2)CC1. The molecular weight excluding hydrogens is 214 g/mol. The van der Waals surface area contributed by atoms with Gasteiger partial charge in [0.1, 0.15) is 5.75 Å². The maximum Gasteiger partial charge on any atom is 0.412 e. The van der Waals surface area contributed by atoms with Crippen LogP contribution in [0.1, 0.15) is 32.6 Å². The second-order valence-corrected chi connectivity index (χ2v) is 4.81. The van der Waals surface area contributed by atoms with Crippen molar-refractivity contribution in [3.8, 4) is 5.75 Å². The highest BCUT2D eigenvalue weighted by molar-refractivity contribution is 5.70. The monoisotopic (exact) mass is 233 g/mol. The van der Waals surface area contributed by atoms with E-state index in [1.54, 1.807) is 12.1 Å². The first kappa shape index (κ1) is 12.0. The van der Waals surface area contributed by atoms with Crippen LogP contribution >= 0.6 is 0 Å². The smallest absolute Gasteiger partial charge is 0.410 e. The van der Waals surface area contributed by atoms with E-state index in [0.29, 0.717) is 11.2 Å². The Labute approximate surface area is 102 Å². The zero-order valence-corrected chi connectivity index (χ0v) is 10.2. The van der Waals surface area contributed by atoms with Gasteiger partial charge >= 0.3 is 6.09 Å². The van der Waals surface area contributed by atoms with Crippen molar-refractivity contribution < 1.29 is 9.53 Å². The van der Waals surface area contributed by atoms with Crippen LogP contribution in [0.25, 0.3) is 0 Å². The fourth-order valence-electron chi connectivity index (χ4n) is 2.11. The Morgan fingerprint density at radius 1 is 1.35 bits per heavy atom. The molecule has 0 radical (unpaired) electrons. The van der Waals surface area contributed by atoms with Crippen molar-refractivity contribution in [2.75, 3.05) is 6.54 Å². The standard InChI is InChI=1S/C14H19NO2/c1-2-8-14(9-10-14)11-15-13(16)17-12-6-4-3-5-7-12/h3-7H,2,8-11H2,1H3,(H,15,16). The molecule has 17 heavy (non-hydrogen) atoms. The number of hydrogen-bond donors (Lipinski definition) is 1. The van der Waals surface area contributed by atoms with Crippen LogP contribution < -0.4 is 10.1 Å². The van der Waals surface area contributed by atoms with Crippen molar-refractivity contribution in [3.63, 3.8) is 0 Å². The Morgan fingerprint density at radius 3 is 2.65 bits per heavy atom. The molecule has 0 atom stereocenters. The number of carbonyl (C=O) groups is 1. The number of nitrogens with one attached hydrogen (secondary N) is 1. The van der Waals surface area contributed by atoms with Crippen LogP contribution in [0.2, 0.25) is 0 Å². The second-order valence-electron chi connectivity index (χ2n) is 4.81. The Bertz CT molecular complexity index is 371. The molecule has 0 aliphatic heterocycles. The topological polar surface area (TPSA) is 38.3 Å². The molecule has 0 bridgehead atoms. The van der Waals surface area contributed by atoms with Gasteiger partial charge in [0.05, 0.1) is 0 Å². The molecule has 3 heteroatoms. The van der Waals surface area contributed by atoms with E-state index in [-0.39, 0.29) is 6.09 Å². The molecular formula is C14H19NO2. The first-order valence-corrected chi connectivity index (χ1v) is 6.25. The van der Waals surface area contributed by atoms with Crippen LogP contribution in [0.5, 0.6) is 5.75 Å². The highest BCUT2D eigenvalue weighted by Crippen LogP contribution is 2.48. The maximum absolute atomic E-state index is 11.6. The third-order valence-corrected chi connectivity index (χ3v) is 3.30. The molecule has 0 heterocycles. The molecule has 0 spiro atoms. The van der Waals surface area contributed by atoms with Crippen LogP contribution in [0.15, 0.2) is 30.3 Å². The summed E-state index contributed by atoms with van der Waals surface area (Å²) >= 11 is 0. The molecule has 1 fully saturated rings. The Morgan fingerprint density at radius 2 is 2.06 bits per heavy atom. The number of benzene rings is 1. The molecule has 0 saturated heterocycles. The Balaban J connectivity index is 1.75. The maximum atomic E-state index is 11.6. The summed E-state index contributed by atoms with van der Waals surface area (Å²) in [6.07, 6.45) is 4.48. The third kappa shape index (κ3) is 3.48. The highest BCUT2D eigenvalue weighted by Gasteiger charge is 2.41. The van der Waals surface area contributed by atoms with Crippen molar-refractivity contribution >= 4 is 6.09 Å². The van der Waals surface area contributed by atoms with Crippen molar-refractivity contribution in [1.82, 2.24) is 5.32 Å². The van der Waals surface area contributed by atoms with Crippen LogP contribution in [0, 0.1) is 5.41 Å². The minimum absolute atomic E-state index is 0.349. The van der Waals surface area contributed by atoms with Gasteiger partial charge in [-0.2, -0.15) is 0 Å². The molecule has 3 nitrogen and oxygen atoms in total. The fourth-order valence-corrected chi connectivity index (χ4v) is 2.11. The van der Waals surface area contributed by atoms with Gasteiger partial charge in [-0.3, -0.25) is 0 Å². The summed E-state index contributed by atoms with van der Waals surface area (Å²) in [4.78, 5) is 11.6. The number of hydrogen-bond acceptors (Lipinski definition) is 2. The molecule has 92 valence electrons. The number of amides is 1. The molecule has 1 saturated carbocycles. The summed E-state index contributed by atoms with van der Waals surface area (Å²) in [6, 6.07) is 9.15. The third-order valence-electron chi connectivity index (χ3n) is 3.30. The molecule has 0 unspecified atom stereocenters. The minimum Gasteiger partial charge on any atom is -0.410 e. The Kier molecular flexibility index (Phi) is 3.67. The van der Waals surface area contributed by atoms with E-state index in [4.69, 9.17) is 4.74 Å². The number of carbonyl (C=O) groups excluding carboxylic acids is 1. The van der Waals surface area contributed by atoms with E-state index >= 15 is 0 Å². The van der Waals surface area contributed by atoms with Crippen LogP contribution in [-0.4, -0.2) is 12.6 Å².